The van der Waals surface area contributed by atoms with Gasteiger partial charge in [0.25, 0.3) is 5.91 Å². The molecule has 4 rings (SSSR count). The first-order chi connectivity index (χ1) is 13.4. The Morgan fingerprint density at radius 2 is 2.18 bits per heavy atom. The van der Waals surface area contributed by atoms with Gasteiger partial charge in [-0.15, -0.1) is 11.3 Å². The van der Waals surface area contributed by atoms with Gasteiger partial charge in [0.05, 0.1) is 25.2 Å². The van der Waals surface area contributed by atoms with Crippen molar-refractivity contribution in [2.45, 2.75) is 25.9 Å². The van der Waals surface area contributed by atoms with E-state index in [0.717, 1.165) is 15.8 Å². The molecule has 0 spiro atoms. The molecule has 1 saturated heterocycles. The van der Waals surface area contributed by atoms with Crippen LogP contribution in [0.4, 0.5) is 0 Å². The molecule has 6 nitrogen and oxygen atoms in total. The van der Waals surface area contributed by atoms with Crippen LogP contribution < -0.4 is 4.74 Å². The molecule has 0 saturated carbocycles. The predicted octanol–water partition coefficient (Wildman–Crippen LogP) is 3.64. The van der Waals surface area contributed by atoms with E-state index in [0.29, 0.717) is 24.3 Å². The molecular weight excluding hydrogens is 398 g/mol. The number of methoxy groups -OCH3 is 1. The van der Waals surface area contributed by atoms with Crippen LogP contribution in [0.25, 0.3) is 11.0 Å². The fourth-order valence-corrected chi connectivity index (χ4v) is 6.05. The van der Waals surface area contributed by atoms with Crippen molar-refractivity contribution in [3.05, 3.63) is 51.9 Å². The molecule has 0 unspecified atom stereocenters. The van der Waals surface area contributed by atoms with E-state index in [1.807, 2.05) is 30.5 Å². The van der Waals surface area contributed by atoms with E-state index in [9.17, 15) is 13.2 Å². The standard InChI is InChI=1S/C20H21NO5S2/c1-13-17-10-15(25-2)5-6-18(17)26-19(13)20(22)21(11-16-4-3-8-27-16)14-7-9-28(23,24)12-14/h3-6,8,10,14H,7,9,11-12H2,1-2H3/t14-/m1/s1. The normalized spacial score (nSPS) is 18.4. The van der Waals surface area contributed by atoms with E-state index in [2.05, 4.69) is 0 Å². The molecule has 0 radical (unpaired) electrons. The number of amides is 1. The van der Waals surface area contributed by atoms with Crippen molar-refractivity contribution in [2.75, 3.05) is 18.6 Å². The molecule has 148 valence electrons. The summed E-state index contributed by atoms with van der Waals surface area (Å²) in [5.74, 6) is 0.777. The summed E-state index contributed by atoms with van der Waals surface area (Å²) in [6.07, 6.45) is 0.451. The molecule has 3 heterocycles. The van der Waals surface area contributed by atoms with Crippen LogP contribution in [0.3, 0.4) is 0 Å². The zero-order chi connectivity index (χ0) is 19.9. The lowest BCUT2D eigenvalue weighted by Gasteiger charge is -2.27. The molecule has 1 amide bonds. The Balaban J connectivity index is 1.72. The number of ether oxygens (including phenoxy) is 1. The Kier molecular flexibility index (Phi) is 4.93. The monoisotopic (exact) mass is 419 g/mol. The Labute approximate surface area is 167 Å². The number of aryl methyl sites for hydroxylation is 1. The van der Waals surface area contributed by atoms with Crippen molar-refractivity contribution in [1.29, 1.82) is 0 Å². The number of hydrogen-bond donors (Lipinski definition) is 0. The largest absolute Gasteiger partial charge is 0.497 e. The molecule has 1 fully saturated rings. The molecule has 1 aromatic carbocycles. The Hall–Kier alpha value is -2.32. The highest BCUT2D eigenvalue weighted by Gasteiger charge is 2.36. The molecule has 0 aliphatic carbocycles. The van der Waals surface area contributed by atoms with E-state index in [4.69, 9.17) is 9.15 Å². The van der Waals surface area contributed by atoms with Crippen LogP contribution in [0, 0.1) is 6.92 Å². The lowest BCUT2D eigenvalue weighted by Crippen LogP contribution is -2.40. The molecule has 8 heteroatoms. The summed E-state index contributed by atoms with van der Waals surface area (Å²) in [4.78, 5) is 16.1. The Bertz CT molecular complexity index is 1120. The van der Waals surface area contributed by atoms with Crippen molar-refractivity contribution >= 4 is 38.1 Å². The Morgan fingerprint density at radius 1 is 1.36 bits per heavy atom. The minimum atomic E-state index is -3.12. The molecule has 0 bridgehead atoms. The lowest BCUT2D eigenvalue weighted by atomic mass is 10.1. The maximum atomic E-state index is 13.4. The predicted molar refractivity (Wildman–Crippen MR) is 109 cm³/mol. The molecule has 3 aromatic rings. The van der Waals surface area contributed by atoms with Crippen LogP contribution in [0.5, 0.6) is 5.75 Å². The van der Waals surface area contributed by atoms with E-state index in [1.54, 1.807) is 35.5 Å². The number of thiophene rings is 1. The number of rotatable bonds is 5. The van der Waals surface area contributed by atoms with Gasteiger partial charge < -0.3 is 14.1 Å². The van der Waals surface area contributed by atoms with Gasteiger partial charge in [0.2, 0.25) is 0 Å². The van der Waals surface area contributed by atoms with Crippen molar-refractivity contribution in [1.82, 2.24) is 4.90 Å². The van der Waals surface area contributed by atoms with Crippen LogP contribution in [0.15, 0.2) is 40.1 Å². The van der Waals surface area contributed by atoms with Gasteiger partial charge in [-0.3, -0.25) is 4.79 Å². The van der Waals surface area contributed by atoms with Crippen LogP contribution >= 0.6 is 11.3 Å². The van der Waals surface area contributed by atoms with Crippen LogP contribution in [0.1, 0.15) is 27.4 Å². The topological polar surface area (TPSA) is 76.8 Å². The van der Waals surface area contributed by atoms with Gasteiger partial charge >= 0.3 is 0 Å². The highest BCUT2D eigenvalue weighted by molar-refractivity contribution is 7.91. The molecule has 28 heavy (non-hydrogen) atoms. The summed E-state index contributed by atoms with van der Waals surface area (Å²) in [7, 11) is -1.53. The first-order valence-corrected chi connectivity index (χ1v) is 11.7. The smallest absolute Gasteiger partial charge is 0.290 e. The van der Waals surface area contributed by atoms with Crippen LogP contribution in [-0.2, 0) is 16.4 Å². The zero-order valence-electron chi connectivity index (χ0n) is 15.7. The van der Waals surface area contributed by atoms with Gasteiger partial charge in [-0.2, -0.15) is 0 Å². The van der Waals surface area contributed by atoms with Crippen molar-refractivity contribution in [3.63, 3.8) is 0 Å². The average Bonchev–Trinajstić information content (AvgIpc) is 3.38. The molecule has 2 aromatic heterocycles. The van der Waals surface area contributed by atoms with Crippen LogP contribution in [-0.4, -0.2) is 43.9 Å². The number of sulfone groups is 1. The number of nitrogens with zero attached hydrogens (tertiary/aromatic N) is 1. The fourth-order valence-electron chi connectivity index (χ4n) is 3.62. The number of furan rings is 1. The van der Waals surface area contributed by atoms with Gasteiger partial charge in [-0.25, -0.2) is 8.42 Å². The molecular formula is C20H21NO5S2. The third kappa shape index (κ3) is 3.54. The van der Waals surface area contributed by atoms with Gasteiger partial charge in [0.1, 0.15) is 11.3 Å². The second-order valence-corrected chi connectivity index (χ2v) is 10.2. The summed E-state index contributed by atoms with van der Waals surface area (Å²) >= 11 is 1.55. The molecule has 1 atom stereocenters. The second kappa shape index (κ2) is 7.25. The van der Waals surface area contributed by atoms with Crippen molar-refractivity contribution in [3.8, 4) is 5.75 Å². The van der Waals surface area contributed by atoms with E-state index < -0.39 is 9.84 Å². The van der Waals surface area contributed by atoms with E-state index >= 15 is 0 Å². The van der Waals surface area contributed by atoms with Crippen LogP contribution in [0.2, 0.25) is 0 Å². The summed E-state index contributed by atoms with van der Waals surface area (Å²) in [6.45, 7) is 2.21. The second-order valence-electron chi connectivity index (χ2n) is 6.99. The fraction of sp³-hybridized carbons (Fsp3) is 0.350. The quantitative estimate of drug-likeness (QED) is 0.631. The average molecular weight is 420 g/mol. The number of carbonyl (C=O) groups excluding carboxylic acids is 1. The van der Waals surface area contributed by atoms with Crippen molar-refractivity contribution in [2.24, 2.45) is 0 Å². The van der Waals surface area contributed by atoms with E-state index in [-0.39, 0.29) is 29.2 Å². The highest BCUT2D eigenvalue weighted by atomic mass is 32.2. The minimum Gasteiger partial charge on any atom is -0.497 e. The lowest BCUT2D eigenvalue weighted by molar-refractivity contribution is 0.0651. The maximum Gasteiger partial charge on any atom is 0.290 e. The van der Waals surface area contributed by atoms with Gasteiger partial charge in [-0.1, -0.05) is 6.07 Å². The number of fused-ring (bicyclic) bond motifs is 1. The first-order valence-electron chi connectivity index (χ1n) is 8.99. The third-order valence-corrected chi connectivity index (χ3v) is 7.77. The number of carbonyl (C=O) groups is 1. The summed E-state index contributed by atoms with van der Waals surface area (Å²) in [5, 5.41) is 2.76. The number of hydrogen-bond acceptors (Lipinski definition) is 6. The highest BCUT2D eigenvalue weighted by Crippen LogP contribution is 2.31. The first kappa shape index (κ1) is 19.0. The van der Waals surface area contributed by atoms with Gasteiger partial charge in [0, 0.05) is 21.9 Å². The zero-order valence-corrected chi connectivity index (χ0v) is 17.3. The Morgan fingerprint density at radius 3 is 2.82 bits per heavy atom. The molecule has 1 aliphatic heterocycles. The van der Waals surface area contributed by atoms with Gasteiger partial charge in [-0.05, 0) is 43.0 Å². The van der Waals surface area contributed by atoms with Gasteiger partial charge in [0.15, 0.2) is 15.6 Å². The molecule has 1 aliphatic rings. The summed E-state index contributed by atoms with van der Waals surface area (Å²) in [6, 6.07) is 8.93. The SMILES string of the molecule is COc1ccc2oc(C(=O)N(Cc3cccs3)[C@@H]3CCS(=O)(=O)C3)c(C)c2c1. The minimum absolute atomic E-state index is 0.00276. The summed E-state index contributed by atoms with van der Waals surface area (Å²) in [5.41, 5.74) is 1.34. The number of benzene rings is 1. The molecule has 0 N–H and O–H groups in total. The van der Waals surface area contributed by atoms with E-state index in [1.165, 1.54) is 0 Å². The summed E-state index contributed by atoms with van der Waals surface area (Å²) < 4.78 is 35.2. The van der Waals surface area contributed by atoms with Crippen molar-refractivity contribution < 1.29 is 22.4 Å². The third-order valence-electron chi connectivity index (χ3n) is 5.15. The maximum absolute atomic E-state index is 13.4.